The number of nitrogens with zero attached hydrogens (tertiary/aromatic N) is 1. The highest BCUT2D eigenvalue weighted by Crippen LogP contribution is 2.17. The monoisotopic (exact) mass is 266 g/mol. The molecule has 19 heavy (non-hydrogen) atoms. The number of hydrogen-bond acceptors (Lipinski definition) is 4. The van der Waals surface area contributed by atoms with Crippen LogP contribution in [0.4, 0.5) is 5.69 Å². The molecule has 0 aromatic heterocycles. The van der Waals surface area contributed by atoms with E-state index >= 15 is 0 Å². The summed E-state index contributed by atoms with van der Waals surface area (Å²) in [5, 5.41) is 22.8. The number of aliphatic hydroxyl groups excluding tert-OH is 1. The normalized spacial score (nSPS) is 14.1. The molecule has 1 aromatic rings. The zero-order valence-electron chi connectivity index (χ0n) is 11.5. The molecule has 0 aliphatic carbocycles. The van der Waals surface area contributed by atoms with Crippen molar-refractivity contribution in [2.75, 3.05) is 13.2 Å². The molecule has 0 amide bonds. The van der Waals surface area contributed by atoms with Crippen molar-refractivity contribution in [1.29, 1.82) is 0 Å². The first-order valence-electron chi connectivity index (χ1n) is 6.63. The van der Waals surface area contributed by atoms with E-state index in [9.17, 15) is 10.1 Å². The number of non-ortho nitro benzene ring substituents is 1. The van der Waals surface area contributed by atoms with Crippen LogP contribution in [0, 0.1) is 16.0 Å². The molecule has 2 N–H and O–H groups in total. The van der Waals surface area contributed by atoms with Gasteiger partial charge in [0, 0.05) is 24.8 Å². The third-order valence-electron chi connectivity index (χ3n) is 3.24. The lowest BCUT2D eigenvalue weighted by molar-refractivity contribution is -0.384. The molecule has 0 spiro atoms. The molecule has 5 heteroatoms. The van der Waals surface area contributed by atoms with Crippen LogP contribution < -0.4 is 5.32 Å². The minimum Gasteiger partial charge on any atom is -0.396 e. The molecule has 5 nitrogen and oxygen atoms in total. The SMILES string of the molecule is CC(CO)CCCNC(C)c1ccc([N+](=O)[O-])cc1. The summed E-state index contributed by atoms with van der Waals surface area (Å²) < 4.78 is 0. The zero-order valence-corrected chi connectivity index (χ0v) is 11.5. The van der Waals surface area contributed by atoms with Gasteiger partial charge in [-0.1, -0.05) is 19.1 Å². The molecule has 0 fully saturated rings. The molecule has 106 valence electrons. The van der Waals surface area contributed by atoms with Gasteiger partial charge >= 0.3 is 0 Å². The number of nitrogens with one attached hydrogen (secondary N) is 1. The molecule has 0 saturated heterocycles. The van der Waals surface area contributed by atoms with E-state index < -0.39 is 4.92 Å². The maximum absolute atomic E-state index is 10.6. The second-order valence-electron chi connectivity index (χ2n) is 4.95. The summed E-state index contributed by atoms with van der Waals surface area (Å²) in [6.07, 6.45) is 2.01. The highest BCUT2D eigenvalue weighted by atomic mass is 16.6. The molecule has 0 heterocycles. The van der Waals surface area contributed by atoms with Gasteiger partial charge in [0.1, 0.15) is 0 Å². The van der Waals surface area contributed by atoms with Crippen LogP contribution >= 0.6 is 0 Å². The standard InChI is InChI=1S/C14H22N2O3/c1-11(10-17)4-3-9-15-12(2)13-5-7-14(8-6-13)16(18)19/h5-8,11-12,15,17H,3-4,9-10H2,1-2H3. The molecule has 0 saturated carbocycles. The molecule has 0 aliphatic rings. The van der Waals surface area contributed by atoms with Gasteiger partial charge in [-0.2, -0.15) is 0 Å². The first kappa shape index (κ1) is 15.6. The van der Waals surface area contributed by atoms with Crippen LogP contribution in [0.3, 0.4) is 0 Å². The summed E-state index contributed by atoms with van der Waals surface area (Å²) in [4.78, 5) is 10.2. The van der Waals surface area contributed by atoms with Crippen molar-refractivity contribution in [3.63, 3.8) is 0 Å². The van der Waals surface area contributed by atoms with Gasteiger partial charge in [0.25, 0.3) is 5.69 Å². The van der Waals surface area contributed by atoms with Crippen LogP contribution in [0.5, 0.6) is 0 Å². The predicted octanol–water partition coefficient (Wildman–Crippen LogP) is 2.65. The summed E-state index contributed by atoms with van der Waals surface area (Å²) in [5.41, 5.74) is 1.16. The van der Waals surface area contributed by atoms with E-state index in [2.05, 4.69) is 5.32 Å². The zero-order chi connectivity index (χ0) is 14.3. The Kier molecular flexibility index (Phi) is 6.45. The summed E-state index contributed by atoms with van der Waals surface area (Å²) in [6.45, 7) is 5.18. The van der Waals surface area contributed by atoms with E-state index in [-0.39, 0.29) is 18.3 Å². The fraction of sp³-hybridized carbons (Fsp3) is 0.571. The van der Waals surface area contributed by atoms with Gasteiger partial charge in [-0.15, -0.1) is 0 Å². The van der Waals surface area contributed by atoms with Crippen molar-refractivity contribution < 1.29 is 10.0 Å². The Labute approximate surface area is 113 Å². The van der Waals surface area contributed by atoms with E-state index in [0.29, 0.717) is 5.92 Å². The number of aliphatic hydroxyl groups is 1. The maximum atomic E-state index is 10.6. The third-order valence-corrected chi connectivity index (χ3v) is 3.24. The van der Waals surface area contributed by atoms with Crippen molar-refractivity contribution in [3.8, 4) is 0 Å². The molecule has 1 aromatic carbocycles. The number of nitro groups is 1. The van der Waals surface area contributed by atoms with Crippen LogP contribution in [0.2, 0.25) is 0 Å². The van der Waals surface area contributed by atoms with Crippen molar-refractivity contribution in [2.24, 2.45) is 5.92 Å². The van der Waals surface area contributed by atoms with E-state index in [1.807, 2.05) is 13.8 Å². The topological polar surface area (TPSA) is 75.4 Å². The number of nitro benzene ring substituents is 1. The minimum absolute atomic E-state index is 0.118. The Morgan fingerprint density at radius 3 is 2.47 bits per heavy atom. The molecule has 0 radical (unpaired) electrons. The Bertz CT molecular complexity index is 392. The lowest BCUT2D eigenvalue weighted by atomic mass is 10.1. The van der Waals surface area contributed by atoms with Gasteiger partial charge in [-0.05, 0) is 37.8 Å². The molecule has 0 bridgehead atoms. The van der Waals surface area contributed by atoms with Crippen LogP contribution in [-0.2, 0) is 0 Å². The largest absolute Gasteiger partial charge is 0.396 e. The highest BCUT2D eigenvalue weighted by Gasteiger charge is 2.08. The van der Waals surface area contributed by atoms with Crippen LogP contribution in [0.15, 0.2) is 24.3 Å². The van der Waals surface area contributed by atoms with Crippen molar-refractivity contribution >= 4 is 5.69 Å². The van der Waals surface area contributed by atoms with Gasteiger partial charge in [-0.3, -0.25) is 10.1 Å². The lowest BCUT2D eigenvalue weighted by Gasteiger charge is -2.15. The van der Waals surface area contributed by atoms with Gasteiger partial charge < -0.3 is 10.4 Å². The fourth-order valence-electron chi connectivity index (χ4n) is 1.86. The van der Waals surface area contributed by atoms with E-state index in [1.54, 1.807) is 12.1 Å². The average Bonchev–Trinajstić information content (AvgIpc) is 2.43. The summed E-state index contributed by atoms with van der Waals surface area (Å²) >= 11 is 0. The fourth-order valence-corrected chi connectivity index (χ4v) is 1.86. The smallest absolute Gasteiger partial charge is 0.269 e. The Balaban J connectivity index is 2.37. The van der Waals surface area contributed by atoms with Gasteiger partial charge in [-0.25, -0.2) is 0 Å². The Hall–Kier alpha value is -1.46. The summed E-state index contributed by atoms with van der Waals surface area (Å²) in [5.74, 6) is 0.344. The summed E-state index contributed by atoms with van der Waals surface area (Å²) in [7, 11) is 0. The molecular formula is C14H22N2O3. The second kappa shape index (κ2) is 7.86. The van der Waals surface area contributed by atoms with Crippen molar-refractivity contribution in [3.05, 3.63) is 39.9 Å². The van der Waals surface area contributed by atoms with Gasteiger partial charge in [0.2, 0.25) is 0 Å². The predicted molar refractivity (Wildman–Crippen MR) is 75.0 cm³/mol. The lowest BCUT2D eigenvalue weighted by Crippen LogP contribution is -2.20. The van der Waals surface area contributed by atoms with E-state index in [4.69, 9.17) is 5.11 Å². The third kappa shape index (κ3) is 5.36. The average molecular weight is 266 g/mol. The maximum Gasteiger partial charge on any atom is 0.269 e. The number of rotatable bonds is 8. The quantitative estimate of drug-likeness (QED) is 0.431. The second-order valence-corrected chi connectivity index (χ2v) is 4.95. The van der Waals surface area contributed by atoms with Crippen LogP contribution in [0.25, 0.3) is 0 Å². The van der Waals surface area contributed by atoms with Crippen molar-refractivity contribution in [1.82, 2.24) is 5.32 Å². The van der Waals surface area contributed by atoms with Crippen molar-refractivity contribution in [2.45, 2.75) is 32.7 Å². The molecular weight excluding hydrogens is 244 g/mol. The van der Waals surface area contributed by atoms with Gasteiger partial charge in [0.05, 0.1) is 4.92 Å². The number of hydrogen-bond donors (Lipinski definition) is 2. The Morgan fingerprint density at radius 2 is 1.95 bits per heavy atom. The minimum atomic E-state index is -0.391. The first-order chi connectivity index (χ1) is 9.04. The first-order valence-corrected chi connectivity index (χ1v) is 6.63. The molecule has 1 rings (SSSR count). The molecule has 2 unspecified atom stereocenters. The van der Waals surface area contributed by atoms with Gasteiger partial charge in [0.15, 0.2) is 0 Å². The number of benzene rings is 1. The van der Waals surface area contributed by atoms with Crippen LogP contribution in [-0.4, -0.2) is 23.2 Å². The highest BCUT2D eigenvalue weighted by molar-refractivity contribution is 5.33. The van der Waals surface area contributed by atoms with E-state index in [0.717, 1.165) is 24.9 Å². The summed E-state index contributed by atoms with van der Waals surface area (Å²) in [6, 6.07) is 6.80. The van der Waals surface area contributed by atoms with Crippen LogP contribution in [0.1, 0.15) is 38.3 Å². The molecule has 2 atom stereocenters. The Morgan fingerprint density at radius 1 is 1.32 bits per heavy atom. The van der Waals surface area contributed by atoms with E-state index in [1.165, 1.54) is 12.1 Å². The molecule has 0 aliphatic heterocycles.